The van der Waals surface area contributed by atoms with E-state index in [2.05, 4.69) is 6.08 Å². The topological polar surface area (TPSA) is 35.5 Å². The van der Waals surface area contributed by atoms with Gasteiger partial charge in [-0.15, -0.1) is 0 Å². The molecular weight excluding hydrogens is 252 g/mol. The van der Waals surface area contributed by atoms with Crippen LogP contribution < -0.4 is 4.74 Å². The summed E-state index contributed by atoms with van der Waals surface area (Å²) < 4.78 is 10.7. The number of hydrogen-bond donors (Lipinski definition) is 0. The van der Waals surface area contributed by atoms with Gasteiger partial charge in [0.1, 0.15) is 11.9 Å². The van der Waals surface area contributed by atoms with Crippen LogP contribution in [0, 0.1) is 0 Å². The van der Waals surface area contributed by atoms with Crippen LogP contribution in [-0.2, 0) is 9.53 Å². The van der Waals surface area contributed by atoms with Gasteiger partial charge in [0.2, 0.25) is 0 Å². The zero-order valence-electron chi connectivity index (χ0n) is 12.2. The van der Waals surface area contributed by atoms with E-state index in [9.17, 15) is 4.79 Å². The summed E-state index contributed by atoms with van der Waals surface area (Å²) in [5.41, 5.74) is 2.39. The molecule has 1 aliphatic rings. The maximum absolute atomic E-state index is 11.4. The van der Waals surface area contributed by atoms with E-state index in [4.69, 9.17) is 9.47 Å². The number of carbonyl (C=O) groups excluding carboxylic acids is 1. The van der Waals surface area contributed by atoms with Crippen molar-refractivity contribution in [1.82, 2.24) is 0 Å². The predicted molar refractivity (Wildman–Crippen MR) is 78.7 cm³/mol. The van der Waals surface area contributed by atoms with E-state index < -0.39 is 0 Å². The van der Waals surface area contributed by atoms with Crippen molar-refractivity contribution in [2.45, 2.75) is 45.1 Å². The second-order valence-corrected chi connectivity index (χ2v) is 5.19. The molecule has 0 heterocycles. The van der Waals surface area contributed by atoms with Crippen LogP contribution >= 0.6 is 0 Å². The van der Waals surface area contributed by atoms with Crippen LogP contribution in [0.2, 0.25) is 0 Å². The lowest BCUT2D eigenvalue weighted by molar-refractivity contribution is -0.146. The average Bonchev–Trinajstić information content (AvgIpc) is 2.47. The number of benzene rings is 1. The largest absolute Gasteiger partial charge is 0.497 e. The molecular formula is C17H22O3. The van der Waals surface area contributed by atoms with Crippen LogP contribution in [-0.4, -0.2) is 13.1 Å². The van der Waals surface area contributed by atoms with Gasteiger partial charge in [0, 0.05) is 13.3 Å². The third-order valence-electron chi connectivity index (χ3n) is 3.61. The number of esters is 1. The normalized spacial score (nSPS) is 16.2. The Kier molecular flexibility index (Phi) is 5.22. The Labute approximate surface area is 120 Å². The second-order valence-electron chi connectivity index (χ2n) is 5.19. The highest BCUT2D eigenvalue weighted by molar-refractivity contribution is 5.66. The number of carbonyl (C=O) groups is 1. The van der Waals surface area contributed by atoms with E-state index >= 15 is 0 Å². The first kappa shape index (κ1) is 14.6. The monoisotopic (exact) mass is 274 g/mol. The summed E-state index contributed by atoms with van der Waals surface area (Å²) in [4.78, 5) is 11.4. The number of rotatable bonds is 5. The minimum Gasteiger partial charge on any atom is -0.497 e. The minimum absolute atomic E-state index is 0.216. The lowest BCUT2D eigenvalue weighted by atomic mass is 9.93. The van der Waals surface area contributed by atoms with Gasteiger partial charge in [0.25, 0.3) is 0 Å². The third kappa shape index (κ3) is 4.12. The summed E-state index contributed by atoms with van der Waals surface area (Å²) in [5.74, 6) is 0.548. The smallest absolute Gasteiger partial charge is 0.303 e. The summed E-state index contributed by atoms with van der Waals surface area (Å²) in [7, 11) is 1.64. The summed E-state index contributed by atoms with van der Waals surface area (Å²) in [6.07, 6.45) is 7.61. The summed E-state index contributed by atoms with van der Waals surface area (Å²) in [6, 6.07) is 7.75. The molecule has 1 unspecified atom stereocenters. The summed E-state index contributed by atoms with van der Waals surface area (Å²) >= 11 is 0. The molecule has 0 aromatic heterocycles. The molecule has 0 aliphatic heterocycles. The number of allylic oxidation sites excluding steroid dienone is 1. The van der Waals surface area contributed by atoms with E-state index in [-0.39, 0.29) is 12.1 Å². The van der Waals surface area contributed by atoms with Crippen LogP contribution in [0.3, 0.4) is 0 Å². The van der Waals surface area contributed by atoms with E-state index in [1.165, 1.54) is 25.3 Å². The molecule has 1 aromatic rings. The summed E-state index contributed by atoms with van der Waals surface area (Å²) in [6.45, 7) is 1.46. The lowest BCUT2D eigenvalue weighted by Crippen LogP contribution is -2.10. The molecule has 0 amide bonds. The molecule has 0 saturated carbocycles. The number of methoxy groups -OCH3 is 1. The van der Waals surface area contributed by atoms with Crippen molar-refractivity contribution in [1.29, 1.82) is 0 Å². The van der Waals surface area contributed by atoms with Crippen LogP contribution in [0.15, 0.2) is 35.9 Å². The fourth-order valence-electron chi connectivity index (χ4n) is 2.60. The van der Waals surface area contributed by atoms with Gasteiger partial charge in [-0.05, 0) is 43.4 Å². The van der Waals surface area contributed by atoms with Gasteiger partial charge in [-0.2, -0.15) is 0 Å². The van der Waals surface area contributed by atoms with Crippen LogP contribution in [0.5, 0.6) is 5.75 Å². The molecule has 0 radical (unpaired) electrons. The highest BCUT2D eigenvalue weighted by atomic mass is 16.5. The van der Waals surface area contributed by atoms with Crippen molar-refractivity contribution < 1.29 is 14.3 Å². The van der Waals surface area contributed by atoms with Gasteiger partial charge in [-0.1, -0.05) is 23.8 Å². The van der Waals surface area contributed by atoms with E-state index in [0.717, 1.165) is 30.6 Å². The molecule has 1 aromatic carbocycles. The first-order valence-corrected chi connectivity index (χ1v) is 7.18. The zero-order valence-corrected chi connectivity index (χ0v) is 12.2. The zero-order chi connectivity index (χ0) is 14.4. The summed E-state index contributed by atoms with van der Waals surface area (Å²) in [5, 5.41) is 0. The molecule has 1 aliphatic carbocycles. The Morgan fingerprint density at radius 2 is 2.20 bits per heavy atom. The van der Waals surface area contributed by atoms with Crippen molar-refractivity contribution in [3.8, 4) is 5.75 Å². The molecule has 108 valence electrons. The molecule has 3 nitrogen and oxygen atoms in total. The highest BCUT2D eigenvalue weighted by Crippen LogP contribution is 2.31. The molecule has 0 N–H and O–H groups in total. The third-order valence-corrected chi connectivity index (χ3v) is 3.61. The lowest BCUT2D eigenvalue weighted by Gasteiger charge is -2.21. The van der Waals surface area contributed by atoms with E-state index in [0.29, 0.717) is 0 Å². The van der Waals surface area contributed by atoms with Crippen molar-refractivity contribution in [3.05, 3.63) is 41.5 Å². The molecule has 2 rings (SSSR count). The van der Waals surface area contributed by atoms with Gasteiger partial charge < -0.3 is 9.47 Å². The molecule has 0 bridgehead atoms. The fraction of sp³-hybridized carbons (Fsp3) is 0.471. The maximum atomic E-state index is 11.4. The van der Waals surface area contributed by atoms with E-state index in [1.807, 2.05) is 24.3 Å². The van der Waals surface area contributed by atoms with Crippen molar-refractivity contribution in [2.24, 2.45) is 0 Å². The average molecular weight is 274 g/mol. The molecule has 0 spiro atoms. The van der Waals surface area contributed by atoms with Gasteiger partial charge in [-0.3, -0.25) is 4.79 Å². The van der Waals surface area contributed by atoms with Gasteiger partial charge in [-0.25, -0.2) is 0 Å². The Balaban J connectivity index is 2.17. The Morgan fingerprint density at radius 1 is 1.35 bits per heavy atom. The molecule has 0 fully saturated rings. The fourth-order valence-corrected chi connectivity index (χ4v) is 2.60. The molecule has 0 saturated heterocycles. The van der Waals surface area contributed by atoms with Crippen LogP contribution in [0.1, 0.15) is 50.7 Å². The number of hydrogen-bond acceptors (Lipinski definition) is 3. The molecule has 1 atom stereocenters. The highest BCUT2D eigenvalue weighted by Gasteiger charge is 2.18. The van der Waals surface area contributed by atoms with Crippen molar-refractivity contribution >= 4 is 5.97 Å². The quantitative estimate of drug-likeness (QED) is 0.596. The standard InChI is InChI=1S/C17H22O3/c1-13(18)20-17(11-14-7-4-3-5-8-14)15-9-6-10-16(12-15)19-2/h6-7,9-10,12,17H,3-5,8,11H2,1-2H3. The minimum atomic E-state index is -0.241. The van der Waals surface area contributed by atoms with Crippen LogP contribution in [0.4, 0.5) is 0 Å². The number of ether oxygens (including phenoxy) is 2. The van der Waals surface area contributed by atoms with Crippen LogP contribution in [0.25, 0.3) is 0 Å². The Morgan fingerprint density at radius 3 is 2.85 bits per heavy atom. The van der Waals surface area contributed by atoms with Crippen molar-refractivity contribution in [2.75, 3.05) is 7.11 Å². The van der Waals surface area contributed by atoms with Gasteiger partial charge >= 0.3 is 5.97 Å². The molecule has 20 heavy (non-hydrogen) atoms. The van der Waals surface area contributed by atoms with E-state index in [1.54, 1.807) is 7.11 Å². The molecule has 3 heteroatoms. The van der Waals surface area contributed by atoms with Gasteiger partial charge in [0.15, 0.2) is 0 Å². The first-order valence-electron chi connectivity index (χ1n) is 7.18. The first-order chi connectivity index (χ1) is 9.69. The Hall–Kier alpha value is -1.77. The van der Waals surface area contributed by atoms with Gasteiger partial charge in [0.05, 0.1) is 7.11 Å². The maximum Gasteiger partial charge on any atom is 0.303 e. The Bertz CT molecular complexity index is 491. The predicted octanol–water partition coefficient (Wildman–Crippen LogP) is 4.19. The van der Waals surface area contributed by atoms with Crippen molar-refractivity contribution in [3.63, 3.8) is 0 Å². The SMILES string of the molecule is COc1cccc(C(CC2=CCCCC2)OC(C)=O)c1. The second kappa shape index (κ2) is 7.13.